The predicted octanol–water partition coefficient (Wildman–Crippen LogP) is 2.12. The zero-order chi connectivity index (χ0) is 13.7. The van der Waals surface area contributed by atoms with Crippen molar-refractivity contribution in [2.45, 2.75) is 32.6 Å². The fourth-order valence-corrected chi connectivity index (χ4v) is 2.79. The molecule has 2 amide bonds. The van der Waals surface area contributed by atoms with Gasteiger partial charge < -0.3 is 10.2 Å². The van der Waals surface area contributed by atoms with Gasteiger partial charge >= 0.3 is 0 Å². The zero-order valence-electron chi connectivity index (χ0n) is 11.1. The number of nitrogens with zero attached hydrogens (tertiary/aromatic N) is 2. The molecule has 1 aromatic heterocycles. The van der Waals surface area contributed by atoms with Crippen LogP contribution >= 0.6 is 11.3 Å². The van der Waals surface area contributed by atoms with Gasteiger partial charge in [-0.25, -0.2) is 4.98 Å². The fraction of sp³-hybridized carbons (Fsp3) is 0.615. The van der Waals surface area contributed by atoms with E-state index in [9.17, 15) is 9.59 Å². The Morgan fingerprint density at radius 3 is 2.79 bits per heavy atom. The second-order valence-corrected chi connectivity index (χ2v) is 5.63. The standard InChI is InChI=1S/C13H19N3O2S/c1-2-3-11(17)16-7-4-10(5-8-16)12(18)15-13-14-6-9-19-13/h6,9-10H,2-5,7-8H2,1H3,(H,14,15,18). The minimum atomic E-state index is -0.00502. The van der Waals surface area contributed by atoms with Crippen LogP contribution in [0.15, 0.2) is 11.6 Å². The summed E-state index contributed by atoms with van der Waals surface area (Å²) in [6.07, 6.45) is 4.64. The number of anilines is 1. The van der Waals surface area contributed by atoms with Gasteiger partial charge in [-0.15, -0.1) is 11.3 Å². The van der Waals surface area contributed by atoms with Crippen LogP contribution in [0.3, 0.4) is 0 Å². The summed E-state index contributed by atoms with van der Waals surface area (Å²) in [6, 6.07) is 0. The highest BCUT2D eigenvalue weighted by Gasteiger charge is 2.27. The third kappa shape index (κ3) is 3.76. The maximum atomic E-state index is 12.0. The van der Waals surface area contributed by atoms with Crippen LogP contribution in [-0.2, 0) is 9.59 Å². The molecule has 0 aliphatic carbocycles. The summed E-state index contributed by atoms with van der Waals surface area (Å²) in [5.74, 6) is 0.230. The molecule has 0 unspecified atom stereocenters. The molecule has 2 rings (SSSR count). The third-order valence-electron chi connectivity index (χ3n) is 3.34. The summed E-state index contributed by atoms with van der Waals surface area (Å²) in [6.45, 7) is 3.38. The molecule has 0 saturated carbocycles. The van der Waals surface area contributed by atoms with Gasteiger partial charge in [0, 0.05) is 37.0 Å². The number of hydrogen-bond acceptors (Lipinski definition) is 4. The van der Waals surface area contributed by atoms with E-state index in [1.54, 1.807) is 6.20 Å². The molecule has 0 spiro atoms. The second kappa shape index (κ2) is 6.65. The first-order valence-electron chi connectivity index (χ1n) is 6.69. The van der Waals surface area contributed by atoms with Crippen molar-refractivity contribution in [3.63, 3.8) is 0 Å². The van der Waals surface area contributed by atoms with E-state index in [1.165, 1.54) is 11.3 Å². The number of hydrogen-bond donors (Lipinski definition) is 1. The quantitative estimate of drug-likeness (QED) is 0.919. The Kier molecular flexibility index (Phi) is 4.90. The van der Waals surface area contributed by atoms with E-state index in [0.29, 0.717) is 24.6 Å². The molecule has 19 heavy (non-hydrogen) atoms. The average molecular weight is 281 g/mol. The molecule has 104 valence electrons. The number of rotatable bonds is 4. The molecule has 2 heterocycles. The molecule has 5 nitrogen and oxygen atoms in total. The molecule has 1 N–H and O–H groups in total. The van der Waals surface area contributed by atoms with Gasteiger partial charge in [0.1, 0.15) is 0 Å². The van der Waals surface area contributed by atoms with Crippen LogP contribution in [0.1, 0.15) is 32.6 Å². The highest BCUT2D eigenvalue weighted by atomic mass is 32.1. The van der Waals surface area contributed by atoms with Crippen LogP contribution in [0.5, 0.6) is 0 Å². The normalized spacial score (nSPS) is 16.4. The summed E-state index contributed by atoms with van der Waals surface area (Å²) < 4.78 is 0. The summed E-state index contributed by atoms with van der Waals surface area (Å²) in [7, 11) is 0. The maximum absolute atomic E-state index is 12.0. The first kappa shape index (κ1) is 14.0. The molecule has 1 saturated heterocycles. The number of piperidine rings is 1. The lowest BCUT2D eigenvalue weighted by Gasteiger charge is -2.31. The minimum Gasteiger partial charge on any atom is -0.343 e. The van der Waals surface area contributed by atoms with Crippen LogP contribution in [0.25, 0.3) is 0 Å². The Morgan fingerprint density at radius 1 is 1.47 bits per heavy atom. The van der Waals surface area contributed by atoms with Crippen LogP contribution in [-0.4, -0.2) is 34.8 Å². The first-order chi connectivity index (χ1) is 9.20. The van der Waals surface area contributed by atoms with Crippen molar-refractivity contribution in [1.29, 1.82) is 0 Å². The van der Waals surface area contributed by atoms with Gasteiger partial charge in [0.2, 0.25) is 11.8 Å². The molecule has 1 aliphatic heterocycles. The highest BCUT2D eigenvalue weighted by molar-refractivity contribution is 7.13. The second-order valence-electron chi connectivity index (χ2n) is 4.73. The summed E-state index contributed by atoms with van der Waals surface area (Å²) in [4.78, 5) is 29.7. The summed E-state index contributed by atoms with van der Waals surface area (Å²) in [5.41, 5.74) is 0. The van der Waals surface area contributed by atoms with Gasteiger partial charge in [-0.1, -0.05) is 6.92 Å². The van der Waals surface area contributed by atoms with Crippen LogP contribution in [0, 0.1) is 5.92 Å². The summed E-state index contributed by atoms with van der Waals surface area (Å²) >= 11 is 1.42. The smallest absolute Gasteiger partial charge is 0.229 e. The van der Waals surface area contributed by atoms with Crippen LogP contribution in [0.4, 0.5) is 5.13 Å². The monoisotopic (exact) mass is 281 g/mol. The molecule has 0 bridgehead atoms. The van der Waals surface area contributed by atoms with Crippen LogP contribution < -0.4 is 5.32 Å². The van der Waals surface area contributed by atoms with Gasteiger partial charge in [-0.05, 0) is 19.3 Å². The predicted molar refractivity (Wildman–Crippen MR) is 75.0 cm³/mol. The molecular weight excluding hydrogens is 262 g/mol. The zero-order valence-corrected chi connectivity index (χ0v) is 11.9. The molecule has 1 aliphatic rings. The SMILES string of the molecule is CCCC(=O)N1CCC(C(=O)Nc2nccs2)CC1. The molecular formula is C13H19N3O2S. The van der Waals surface area contributed by atoms with Crippen molar-refractivity contribution in [2.75, 3.05) is 18.4 Å². The van der Waals surface area contributed by atoms with Gasteiger partial charge in [0.05, 0.1) is 0 Å². The lowest BCUT2D eigenvalue weighted by Crippen LogP contribution is -2.41. The lowest BCUT2D eigenvalue weighted by atomic mass is 9.96. The maximum Gasteiger partial charge on any atom is 0.229 e. The van der Waals surface area contributed by atoms with Crippen molar-refractivity contribution in [3.8, 4) is 0 Å². The Balaban J connectivity index is 1.79. The van der Waals surface area contributed by atoms with E-state index in [4.69, 9.17) is 0 Å². The number of amides is 2. The number of carbonyl (C=O) groups excluding carboxylic acids is 2. The summed E-state index contributed by atoms with van der Waals surface area (Å²) in [5, 5.41) is 5.31. The molecule has 1 fully saturated rings. The van der Waals surface area contributed by atoms with E-state index in [1.807, 2.05) is 17.2 Å². The van der Waals surface area contributed by atoms with Crippen LogP contribution in [0.2, 0.25) is 0 Å². The fourth-order valence-electron chi connectivity index (χ4n) is 2.26. The number of likely N-dealkylation sites (tertiary alicyclic amines) is 1. The van der Waals surface area contributed by atoms with Gasteiger partial charge in [0.15, 0.2) is 5.13 Å². The van der Waals surface area contributed by atoms with Crippen molar-refractivity contribution in [1.82, 2.24) is 9.88 Å². The average Bonchev–Trinajstić information content (AvgIpc) is 2.92. The molecule has 6 heteroatoms. The lowest BCUT2D eigenvalue weighted by molar-refractivity contribution is -0.134. The van der Waals surface area contributed by atoms with Crippen molar-refractivity contribution < 1.29 is 9.59 Å². The van der Waals surface area contributed by atoms with E-state index < -0.39 is 0 Å². The van der Waals surface area contributed by atoms with Gasteiger partial charge in [-0.3, -0.25) is 9.59 Å². The number of carbonyl (C=O) groups is 2. The van der Waals surface area contributed by atoms with Crippen molar-refractivity contribution in [3.05, 3.63) is 11.6 Å². The topological polar surface area (TPSA) is 62.3 Å². The molecule has 0 radical (unpaired) electrons. The minimum absolute atomic E-state index is 0.00502. The number of thiazole rings is 1. The first-order valence-corrected chi connectivity index (χ1v) is 7.56. The third-order valence-corrected chi connectivity index (χ3v) is 4.03. The Hall–Kier alpha value is -1.43. The Bertz CT molecular complexity index is 425. The number of nitrogens with one attached hydrogen (secondary N) is 1. The van der Waals surface area contributed by atoms with Gasteiger partial charge in [-0.2, -0.15) is 0 Å². The number of aromatic nitrogens is 1. The molecule has 0 aromatic carbocycles. The van der Waals surface area contributed by atoms with E-state index >= 15 is 0 Å². The highest BCUT2D eigenvalue weighted by Crippen LogP contribution is 2.20. The van der Waals surface area contributed by atoms with E-state index in [0.717, 1.165) is 19.3 Å². The Morgan fingerprint density at radius 2 is 2.21 bits per heavy atom. The van der Waals surface area contributed by atoms with Gasteiger partial charge in [0.25, 0.3) is 0 Å². The van der Waals surface area contributed by atoms with Crippen molar-refractivity contribution >= 4 is 28.3 Å². The van der Waals surface area contributed by atoms with E-state index in [2.05, 4.69) is 10.3 Å². The van der Waals surface area contributed by atoms with Crippen molar-refractivity contribution in [2.24, 2.45) is 5.92 Å². The largest absolute Gasteiger partial charge is 0.343 e. The molecule has 0 atom stereocenters. The van der Waals surface area contributed by atoms with E-state index in [-0.39, 0.29) is 17.7 Å². The molecule has 1 aromatic rings. The Labute approximate surface area is 117 Å².